The second-order valence-electron chi connectivity index (χ2n) is 6.41. The van der Waals surface area contributed by atoms with Gasteiger partial charge in [0.15, 0.2) is 0 Å². The molecule has 0 N–H and O–H groups in total. The number of methoxy groups -OCH3 is 1. The van der Waals surface area contributed by atoms with Gasteiger partial charge in [-0.2, -0.15) is 0 Å². The summed E-state index contributed by atoms with van der Waals surface area (Å²) in [6.07, 6.45) is 1.77. The van der Waals surface area contributed by atoms with Gasteiger partial charge < -0.3 is 4.74 Å². The molecule has 3 aromatic carbocycles. The lowest BCUT2D eigenvalue weighted by molar-refractivity contribution is 0.0600. The van der Waals surface area contributed by atoms with Gasteiger partial charge in [0.05, 0.1) is 28.6 Å². The number of benzene rings is 3. The first-order chi connectivity index (χ1) is 13.6. The van der Waals surface area contributed by atoms with E-state index in [0.717, 1.165) is 27.3 Å². The van der Waals surface area contributed by atoms with Crippen molar-refractivity contribution in [1.29, 1.82) is 0 Å². The van der Waals surface area contributed by atoms with Crippen molar-refractivity contribution in [3.8, 4) is 10.6 Å². The van der Waals surface area contributed by atoms with E-state index < -0.39 is 0 Å². The van der Waals surface area contributed by atoms with E-state index in [0.29, 0.717) is 5.56 Å². The summed E-state index contributed by atoms with van der Waals surface area (Å²) in [7, 11) is 1.37. The molecule has 4 rings (SSSR count). The Morgan fingerprint density at radius 1 is 1.04 bits per heavy atom. The van der Waals surface area contributed by atoms with Crippen LogP contribution in [0.2, 0.25) is 0 Å². The first kappa shape index (κ1) is 18.1. The van der Waals surface area contributed by atoms with Crippen LogP contribution in [0.4, 0.5) is 5.69 Å². The molecule has 0 fully saturated rings. The Hall–Kier alpha value is -3.31. The van der Waals surface area contributed by atoms with Gasteiger partial charge in [0.25, 0.3) is 0 Å². The molecule has 0 aliphatic heterocycles. The zero-order chi connectivity index (χ0) is 19.5. The maximum absolute atomic E-state index is 11.5. The number of aliphatic imine (C=N–C) groups is 1. The third-order valence-corrected chi connectivity index (χ3v) is 5.44. The number of carbonyl (C=O) groups excluding carboxylic acids is 1. The Balaban J connectivity index is 1.51. The number of thiazole rings is 1. The number of aromatic nitrogens is 1. The number of hydrogen-bond donors (Lipinski definition) is 0. The first-order valence-corrected chi connectivity index (χ1v) is 9.64. The van der Waals surface area contributed by atoms with E-state index in [-0.39, 0.29) is 5.97 Å². The number of nitrogens with zero attached hydrogens (tertiary/aromatic N) is 2. The monoisotopic (exact) mass is 386 g/mol. The lowest BCUT2D eigenvalue weighted by Gasteiger charge is -2.00. The average Bonchev–Trinajstić information content (AvgIpc) is 3.15. The van der Waals surface area contributed by atoms with Gasteiger partial charge >= 0.3 is 5.97 Å². The summed E-state index contributed by atoms with van der Waals surface area (Å²) in [5.74, 6) is -0.343. The molecule has 0 saturated carbocycles. The fourth-order valence-electron chi connectivity index (χ4n) is 2.82. The third kappa shape index (κ3) is 3.85. The zero-order valence-corrected chi connectivity index (χ0v) is 16.4. The predicted molar refractivity (Wildman–Crippen MR) is 115 cm³/mol. The Bertz CT molecular complexity index is 1160. The van der Waals surface area contributed by atoms with Gasteiger partial charge in [0.1, 0.15) is 5.01 Å². The lowest BCUT2D eigenvalue weighted by atomic mass is 10.1. The molecule has 28 heavy (non-hydrogen) atoms. The van der Waals surface area contributed by atoms with Crippen molar-refractivity contribution in [3.05, 3.63) is 83.4 Å². The summed E-state index contributed by atoms with van der Waals surface area (Å²) in [5, 5.41) is 1.01. The minimum absolute atomic E-state index is 0.343. The maximum Gasteiger partial charge on any atom is 0.337 e. The van der Waals surface area contributed by atoms with E-state index >= 15 is 0 Å². The van der Waals surface area contributed by atoms with Crippen LogP contribution >= 0.6 is 11.3 Å². The van der Waals surface area contributed by atoms with Crippen molar-refractivity contribution in [1.82, 2.24) is 4.98 Å². The molecule has 1 heterocycles. The van der Waals surface area contributed by atoms with Crippen molar-refractivity contribution in [3.63, 3.8) is 0 Å². The van der Waals surface area contributed by atoms with Crippen LogP contribution in [0.5, 0.6) is 0 Å². The Kier molecular flexibility index (Phi) is 5.00. The average molecular weight is 386 g/mol. The maximum atomic E-state index is 11.5. The fourth-order valence-corrected chi connectivity index (χ4v) is 3.77. The summed E-state index contributed by atoms with van der Waals surface area (Å²) in [5.41, 5.74) is 5.64. The Morgan fingerprint density at radius 3 is 2.50 bits per heavy atom. The highest BCUT2D eigenvalue weighted by atomic mass is 32.1. The lowest BCUT2D eigenvalue weighted by Crippen LogP contribution is -2.00. The topological polar surface area (TPSA) is 51.5 Å². The number of ether oxygens (including phenoxy) is 1. The SMILES string of the molecule is COC(=O)c1ccc(C=Nc2ccc(-c3nc4cc(C)ccc4s3)cc2)cc1. The van der Waals surface area contributed by atoms with Gasteiger partial charge in [0.2, 0.25) is 0 Å². The molecule has 4 aromatic rings. The highest BCUT2D eigenvalue weighted by Crippen LogP contribution is 2.31. The van der Waals surface area contributed by atoms with Crippen molar-refractivity contribution < 1.29 is 9.53 Å². The van der Waals surface area contributed by atoms with Crippen molar-refractivity contribution in [2.24, 2.45) is 4.99 Å². The molecule has 4 nitrogen and oxygen atoms in total. The summed E-state index contributed by atoms with van der Waals surface area (Å²) in [6, 6.07) is 21.5. The van der Waals surface area contributed by atoms with Crippen LogP contribution in [0.3, 0.4) is 0 Å². The second kappa shape index (κ2) is 7.74. The van der Waals surface area contributed by atoms with E-state index in [1.807, 2.05) is 36.4 Å². The molecule has 0 bridgehead atoms. The molecule has 1 aromatic heterocycles. The van der Waals surface area contributed by atoms with Crippen LogP contribution in [0.25, 0.3) is 20.8 Å². The Morgan fingerprint density at radius 2 is 1.79 bits per heavy atom. The number of hydrogen-bond acceptors (Lipinski definition) is 5. The number of carbonyl (C=O) groups is 1. The van der Waals surface area contributed by atoms with Gasteiger partial charge in [0, 0.05) is 11.8 Å². The molecule has 0 radical (unpaired) electrons. The van der Waals surface area contributed by atoms with Crippen LogP contribution in [0.1, 0.15) is 21.5 Å². The summed E-state index contributed by atoms with van der Waals surface area (Å²) < 4.78 is 5.89. The summed E-state index contributed by atoms with van der Waals surface area (Å²) in [6.45, 7) is 2.08. The minimum Gasteiger partial charge on any atom is -0.465 e. The van der Waals surface area contributed by atoms with Crippen LogP contribution in [0.15, 0.2) is 71.7 Å². The molecule has 0 aliphatic carbocycles. The minimum atomic E-state index is -0.343. The zero-order valence-electron chi connectivity index (χ0n) is 15.5. The normalized spacial score (nSPS) is 11.2. The van der Waals surface area contributed by atoms with Crippen molar-refractivity contribution in [2.45, 2.75) is 6.92 Å². The fraction of sp³-hybridized carbons (Fsp3) is 0.0870. The summed E-state index contributed by atoms with van der Waals surface area (Å²) in [4.78, 5) is 20.7. The van der Waals surface area contributed by atoms with E-state index in [9.17, 15) is 4.79 Å². The third-order valence-electron chi connectivity index (χ3n) is 4.35. The molecule has 0 aliphatic rings. The smallest absolute Gasteiger partial charge is 0.337 e. The van der Waals surface area contributed by atoms with Gasteiger partial charge in [-0.25, -0.2) is 9.78 Å². The molecular weight excluding hydrogens is 368 g/mol. The Labute approximate surface area is 167 Å². The molecule has 138 valence electrons. The predicted octanol–water partition coefficient (Wildman–Crippen LogP) is 5.81. The van der Waals surface area contributed by atoms with E-state index in [1.165, 1.54) is 17.4 Å². The summed E-state index contributed by atoms with van der Waals surface area (Å²) >= 11 is 1.69. The van der Waals surface area contributed by atoms with Gasteiger partial charge in [-0.05, 0) is 66.6 Å². The molecule has 0 atom stereocenters. The second-order valence-corrected chi connectivity index (χ2v) is 7.44. The molecule has 0 unspecified atom stereocenters. The van der Waals surface area contributed by atoms with Crippen molar-refractivity contribution in [2.75, 3.05) is 7.11 Å². The molecule has 0 spiro atoms. The highest BCUT2D eigenvalue weighted by Gasteiger charge is 2.06. The van der Waals surface area contributed by atoms with E-state index in [4.69, 9.17) is 9.72 Å². The van der Waals surface area contributed by atoms with Gasteiger partial charge in [-0.1, -0.05) is 18.2 Å². The van der Waals surface area contributed by atoms with E-state index in [2.05, 4.69) is 30.1 Å². The standard InChI is InChI=1S/C23H18N2O2S/c1-15-3-12-21-20(13-15)25-22(28-21)17-8-10-19(11-9-17)24-14-16-4-6-18(7-5-16)23(26)27-2/h3-14H,1-2H3. The van der Waals surface area contributed by atoms with Gasteiger partial charge in [-0.15, -0.1) is 11.3 Å². The van der Waals surface area contributed by atoms with Crippen LogP contribution < -0.4 is 0 Å². The molecule has 5 heteroatoms. The quantitative estimate of drug-likeness (QED) is 0.328. The van der Waals surface area contributed by atoms with E-state index in [1.54, 1.807) is 29.7 Å². The number of rotatable bonds is 4. The number of fused-ring (bicyclic) bond motifs is 1. The first-order valence-electron chi connectivity index (χ1n) is 8.82. The van der Waals surface area contributed by atoms with Crippen LogP contribution in [0, 0.1) is 6.92 Å². The van der Waals surface area contributed by atoms with Gasteiger partial charge in [-0.3, -0.25) is 4.99 Å². The van der Waals surface area contributed by atoms with Crippen LogP contribution in [-0.2, 0) is 4.74 Å². The number of esters is 1. The van der Waals surface area contributed by atoms with Crippen LogP contribution in [-0.4, -0.2) is 24.3 Å². The molecular formula is C23H18N2O2S. The number of aryl methyl sites for hydroxylation is 1. The molecule has 0 saturated heterocycles. The largest absolute Gasteiger partial charge is 0.465 e. The highest BCUT2D eigenvalue weighted by molar-refractivity contribution is 7.21. The van der Waals surface area contributed by atoms with Crippen molar-refractivity contribution >= 4 is 39.4 Å². The molecule has 0 amide bonds.